The summed E-state index contributed by atoms with van der Waals surface area (Å²) in [5, 5.41) is 9.07. The smallest absolute Gasteiger partial charge is 0.335 e. The number of anilines is 1. The fourth-order valence-electron chi connectivity index (χ4n) is 2.57. The average molecular weight is 325 g/mol. The molecule has 0 spiro atoms. The van der Waals surface area contributed by atoms with E-state index in [9.17, 15) is 18.8 Å². The maximum absolute atomic E-state index is 13.3. The lowest BCUT2D eigenvalue weighted by Crippen LogP contribution is -2.36. The number of hydrogen-bond acceptors (Lipinski definition) is 3. The second-order valence-corrected chi connectivity index (χ2v) is 5.34. The summed E-state index contributed by atoms with van der Waals surface area (Å²) in [4.78, 5) is 37.4. The van der Waals surface area contributed by atoms with E-state index in [0.717, 1.165) is 0 Å². The number of aromatic carboxylic acids is 1. The van der Waals surface area contributed by atoms with Crippen LogP contribution < -0.4 is 4.90 Å². The molecule has 0 saturated heterocycles. The van der Waals surface area contributed by atoms with E-state index in [0.29, 0.717) is 11.3 Å². The second-order valence-electron chi connectivity index (χ2n) is 5.34. The number of carbonyl (C=O) groups excluding carboxylic acids is 2. The number of amides is 1. The zero-order chi connectivity index (χ0) is 17.4. The number of fused-ring (bicyclic) bond motifs is 1. The van der Waals surface area contributed by atoms with Crippen molar-refractivity contribution in [1.82, 2.24) is 0 Å². The molecule has 0 bridgehead atoms. The van der Waals surface area contributed by atoms with Gasteiger partial charge in [-0.1, -0.05) is 12.1 Å². The van der Waals surface area contributed by atoms with E-state index >= 15 is 0 Å². The quantitative estimate of drug-likeness (QED) is 0.680. The van der Waals surface area contributed by atoms with E-state index in [-0.39, 0.29) is 16.7 Å². The van der Waals surface area contributed by atoms with Gasteiger partial charge in [-0.2, -0.15) is 0 Å². The molecule has 0 fully saturated rings. The minimum absolute atomic E-state index is 0.0463. The molecule has 0 aromatic heterocycles. The summed E-state index contributed by atoms with van der Waals surface area (Å²) in [6, 6.07) is 9.50. The van der Waals surface area contributed by atoms with Gasteiger partial charge in [-0.05, 0) is 42.0 Å². The summed E-state index contributed by atoms with van der Waals surface area (Å²) in [5.41, 5.74) is 0.650. The summed E-state index contributed by atoms with van der Waals surface area (Å²) >= 11 is 0. The van der Waals surface area contributed by atoms with Crippen molar-refractivity contribution in [3.05, 3.63) is 70.5 Å². The van der Waals surface area contributed by atoms with Gasteiger partial charge >= 0.3 is 5.97 Å². The maximum Gasteiger partial charge on any atom is 0.335 e. The molecule has 0 aliphatic carbocycles. The number of rotatable bonds is 2. The first-order valence-electron chi connectivity index (χ1n) is 7.06. The second kappa shape index (κ2) is 5.73. The van der Waals surface area contributed by atoms with Gasteiger partial charge < -0.3 is 10.0 Å². The molecule has 1 heterocycles. The van der Waals surface area contributed by atoms with Crippen LogP contribution in [0.5, 0.6) is 0 Å². The van der Waals surface area contributed by atoms with Crippen molar-refractivity contribution in [3.63, 3.8) is 0 Å². The Morgan fingerprint density at radius 3 is 2.58 bits per heavy atom. The Morgan fingerprint density at radius 2 is 1.92 bits per heavy atom. The standard InChI is InChI=1S/C18H12FNO4/c1-20-15-6-5-11(18(23)24)9-13(15)16(21)14(17(20)22)8-10-3-2-4-12(19)7-10/h2-9H,1H3,(H,23,24)/b14-8+. The molecule has 0 radical (unpaired) electrons. The van der Waals surface area contributed by atoms with Crippen LogP contribution in [0.2, 0.25) is 0 Å². The number of halogens is 1. The van der Waals surface area contributed by atoms with Crippen LogP contribution in [0.3, 0.4) is 0 Å². The SMILES string of the molecule is CN1C(=O)/C(=C/c2cccc(F)c2)C(=O)c2cc(C(=O)O)ccc21. The summed E-state index contributed by atoms with van der Waals surface area (Å²) < 4.78 is 13.3. The van der Waals surface area contributed by atoms with Crippen molar-refractivity contribution < 1.29 is 23.9 Å². The molecule has 2 aromatic carbocycles. The number of hydrogen-bond donors (Lipinski definition) is 1. The van der Waals surface area contributed by atoms with Crippen LogP contribution in [0.4, 0.5) is 10.1 Å². The minimum Gasteiger partial charge on any atom is -0.478 e. The van der Waals surface area contributed by atoms with Crippen LogP contribution in [-0.2, 0) is 4.79 Å². The highest BCUT2D eigenvalue weighted by atomic mass is 19.1. The van der Waals surface area contributed by atoms with Crippen molar-refractivity contribution in [1.29, 1.82) is 0 Å². The fraction of sp³-hybridized carbons (Fsp3) is 0.0556. The minimum atomic E-state index is -1.17. The van der Waals surface area contributed by atoms with E-state index < -0.39 is 23.5 Å². The number of carbonyl (C=O) groups is 3. The number of nitrogens with zero attached hydrogens (tertiary/aromatic N) is 1. The highest BCUT2D eigenvalue weighted by Gasteiger charge is 2.33. The lowest BCUT2D eigenvalue weighted by Gasteiger charge is -2.26. The van der Waals surface area contributed by atoms with Gasteiger partial charge in [0, 0.05) is 12.6 Å². The highest BCUT2D eigenvalue weighted by molar-refractivity contribution is 6.36. The zero-order valence-electron chi connectivity index (χ0n) is 12.6. The molecule has 1 aliphatic rings. The van der Waals surface area contributed by atoms with E-state index in [2.05, 4.69) is 0 Å². The van der Waals surface area contributed by atoms with Gasteiger partial charge in [0.25, 0.3) is 5.91 Å². The third-order valence-electron chi connectivity index (χ3n) is 3.79. The molecule has 1 aliphatic heterocycles. The third-order valence-corrected chi connectivity index (χ3v) is 3.79. The van der Waals surface area contributed by atoms with Crippen LogP contribution in [0.1, 0.15) is 26.3 Å². The van der Waals surface area contributed by atoms with Gasteiger partial charge in [-0.25, -0.2) is 9.18 Å². The molecule has 6 heteroatoms. The Balaban J connectivity index is 2.14. The molecular formula is C18H12FNO4. The number of carboxylic acid groups (broad SMARTS) is 1. The number of Topliss-reactive ketones (excluding diaryl/α,β-unsaturated/α-hetero) is 1. The first-order chi connectivity index (χ1) is 11.4. The normalized spacial score (nSPS) is 15.6. The monoisotopic (exact) mass is 325 g/mol. The first kappa shape index (κ1) is 15.6. The molecule has 2 aromatic rings. The Bertz CT molecular complexity index is 917. The van der Waals surface area contributed by atoms with E-state index in [1.165, 1.54) is 54.4 Å². The van der Waals surface area contributed by atoms with E-state index in [4.69, 9.17) is 5.11 Å². The Morgan fingerprint density at radius 1 is 1.17 bits per heavy atom. The van der Waals surface area contributed by atoms with Crippen molar-refractivity contribution in [2.24, 2.45) is 0 Å². The molecule has 3 rings (SSSR count). The van der Waals surface area contributed by atoms with E-state index in [1.54, 1.807) is 6.07 Å². The lowest BCUT2D eigenvalue weighted by atomic mass is 9.92. The molecule has 24 heavy (non-hydrogen) atoms. The highest BCUT2D eigenvalue weighted by Crippen LogP contribution is 2.31. The number of carboxylic acids is 1. The summed E-state index contributed by atoms with van der Waals surface area (Å²) in [6.07, 6.45) is 1.31. The summed E-state index contributed by atoms with van der Waals surface area (Å²) in [6.45, 7) is 0. The van der Waals surface area contributed by atoms with Crippen molar-refractivity contribution in [3.8, 4) is 0 Å². The Hall–Kier alpha value is -3.28. The van der Waals surface area contributed by atoms with Crippen molar-refractivity contribution in [2.45, 2.75) is 0 Å². The Kier molecular flexibility index (Phi) is 3.73. The lowest BCUT2D eigenvalue weighted by molar-refractivity contribution is -0.114. The largest absolute Gasteiger partial charge is 0.478 e. The van der Waals surface area contributed by atoms with Crippen LogP contribution in [0, 0.1) is 5.82 Å². The topological polar surface area (TPSA) is 74.7 Å². The third kappa shape index (κ3) is 2.58. The summed E-state index contributed by atoms with van der Waals surface area (Å²) in [7, 11) is 1.49. The molecule has 0 unspecified atom stereocenters. The summed E-state index contributed by atoms with van der Waals surface area (Å²) in [5.74, 6) is -2.76. The molecule has 1 N–H and O–H groups in total. The van der Waals surface area contributed by atoms with Gasteiger partial charge in [0.1, 0.15) is 5.82 Å². The van der Waals surface area contributed by atoms with Gasteiger partial charge in [0.2, 0.25) is 5.78 Å². The molecule has 5 nitrogen and oxygen atoms in total. The van der Waals surface area contributed by atoms with Crippen molar-refractivity contribution in [2.75, 3.05) is 11.9 Å². The predicted octanol–water partition coefficient (Wildman–Crippen LogP) is 2.77. The molecule has 0 saturated carbocycles. The number of ketones is 1. The van der Waals surface area contributed by atoms with Gasteiger partial charge in [-0.15, -0.1) is 0 Å². The van der Waals surface area contributed by atoms with E-state index in [1.807, 2.05) is 0 Å². The molecule has 120 valence electrons. The molecular weight excluding hydrogens is 313 g/mol. The first-order valence-corrected chi connectivity index (χ1v) is 7.06. The van der Waals surface area contributed by atoms with Crippen LogP contribution in [0.25, 0.3) is 6.08 Å². The zero-order valence-corrected chi connectivity index (χ0v) is 12.6. The predicted molar refractivity (Wildman–Crippen MR) is 85.5 cm³/mol. The van der Waals surface area contributed by atoms with Crippen molar-refractivity contribution >= 4 is 29.4 Å². The van der Waals surface area contributed by atoms with Crippen LogP contribution in [-0.4, -0.2) is 29.8 Å². The Labute approximate surface area is 136 Å². The van der Waals surface area contributed by atoms with Gasteiger partial charge in [0.05, 0.1) is 16.8 Å². The molecule has 1 amide bonds. The van der Waals surface area contributed by atoms with Crippen LogP contribution in [0.15, 0.2) is 48.0 Å². The average Bonchev–Trinajstić information content (AvgIpc) is 2.56. The van der Waals surface area contributed by atoms with Gasteiger partial charge in [-0.3, -0.25) is 9.59 Å². The fourth-order valence-corrected chi connectivity index (χ4v) is 2.57. The number of likely N-dealkylation sites (N-methyl/N-ethyl adjacent to an activating group) is 1. The maximum atomic E-state index is 13.3. The van der Waals surface area contributed by atoms with Crippen LogP contribution >= 0.6 is 0 Å². The number of benzene rings is 2. The van der Waals surface area contributed by atoms with Gasteiger partial charge in [0.15, 0.2) is 0 Å². The molecule has 0 atom stereocenters.